The monoisotopic (exact) mass is 336 g/mol. The van der Waals surface area contributed by atoms with Gasteiger partial charge in [-0.3, -0.25) is 0 Å². The van der Waals surface area contributed by atoms with Gasteiger partial charge in [-0.2, -0.15) is 0 Å². The molecule has 0 aromatic carbocycles. The minimum atomic E-state index is 0.0669. The Hall–Kier alpha value is -1.34. The van der Waals surface area contributed by atoms with Crippen molar-refractivity contribution in [2.24, 2.45) is 0 Å². The molecule has 4 heterocycles. The third-order valence-corrected chi connectivity index (χ3v) is 6.40. The van der Waals surface area contributed by atoms with Gasteiger partial charge < -0.3 is 19.9 Å². The number of hydrogen-bond donors (Lipinski definition) is 1. The van der Waals surface area contributed by atoms with E-state index in [4.69, 9.17) is 4.74 Å². The van der Waals surface area contributed by atoms with E-state index in [1.54, 1.807) is 11.3 Å². The van der Waals surface area contributed by atoms with Crippen LogP contribution in [0.4, 0.5) is 9.93 Å². The lowest BCUT2D eigenvalue weighted by Gasteiger charge is -2.35. The average Bonchev–Trinajstić information content (AvgIpc) is 3.24. The van der Waals surface area contributed by atoms with Gasteiger partial charge in [0.2, 0.25) is 0 Å². The Morgan fingerprint density at radius 1 is 1.26 bits per heavy atom. The number of carbonyl (C=O) groups excluding carboxylic acids is 1. The maximum absolute atomic E-state index is 12.5. The number of amides is 2. The number of fused-ring (bicyclic) bond motifs is 2. The van der Waals surface area contributed by atoms with Crippen LogP contribution < -0.4 is 10.2 Å². The van der Waals surface area contributed by atoms with Crippen molar-refractivity contribution in [2.75, 3.05) is 31.1 Å². The normalized spacial score (nSPS) is 30.1. The molecule has 126 valence electrons. The first kappa shape index (κ1) is 15.2. The van der Waals surface area contributed by atoms with E-state index in [1.165, 1.54) is 4.88 Å². The van der Waals surface area contributed by atoms with E-state index in [-0.39, 0.29) is 18.2 Å². The summed E-state index contributed by atoms with van der Waals surface area (Å²) in [6.07, 6.45) is 3.84. The first-order chi connectivity index (χ1) is 11.1. The molecule has 3 aliphatic rings. The highest BCUT2D eigenvalue weighted by molar-refractivity contribution is 7.15. The molecule has 7 heteroatoms. The van der Waals surface area contributed by atoms with Crippen LogP contribution in [-0.2, 0) is 4.74 Å². The molecule has 0 radical (unpaired) electrons. The smallest absolute Gasteiger partial charge is 0.317 e. The highest BCUT2D eigenvalue weighted by Gasteiger charge is 2.42. The van der Waals surface area contributed by atoms with E-state index < -0.39 is 0 Å². The predicted molar refractivity (Wildman–Crippen MR) is 90.2 cm³/mol. The summed E-state index contributed by atoms with van der Waals surface area (Å²) in [7, 11) is 0. The first-order valence-electron chi connectivity index (χ1n) is 8.50. The third-order valence-electron chi connectivity index (χ3n) is 5.27. The highest BCUT2D eigenvalue weighted by Crippen LogP contribution is 2.34. The summed E-state index contributed by atoms with van der Waals surface area (Å²) in [6.45, 7) is 7.38. The minimum absolute atomic E-state index is 0.0669. The lowest BCUT2D eigenvalue weighted by molar-refractivity contribution is 0.0969. The van der Waals surface area contributed by atoms with Gasteiger partial charge in [-0.05, 0) is 33.1 Å². The lowest BCUT2D eigenvalue weighted by atomic mass is 9.96. The summed E-state index contributed by atoms with van der Waals surface area (Å²) < 4.78 is 5.81. The van der Waals surface area contributed by atoms with Gasteiger partial charge in [0.1, 0.15) is 0 Å². The van der Waals surface area contributed by atoms with Gasteiger partial charge in [-0.1, -0.05) is 0 Å². The second-order valence-electron chi connectivity index (χ2n) is 6.78. The van der Waals surface area contributed by atoms with Crippen LogP contribution >= 0.6 is 11.3 Å². The second-order valence-corrected chi connectivity index (χ2v) is 7.96. The Morgan fingerprint density at radius 3 is 2.61 bits per heavy atom. The number of urea groups is 1. The first-order valence-corrected chi connectivity index (χ1v) is 9.31. The highest BCUT2D eigenvalue weighted by atomic mass is 32.1. The van der Waals surface area contributed by atoms with E-state index in [0.29, 0.717) is 6.10 Å². The van der Waals surface area contributed by atoms with Crippen LogP contribution in [0.2, 0.25) is 0 Å². The Bertz CT molecular complexity index is 577. The Balaban J connectivity index is 1.30. The van der Waals surface area contributed by atoms with E-state index in [0.717, 1.165) is 56.3 Å². The SMILES string of the molecule is Cc1nc(N2CCN(C(=O)N[C@H]3C[C@H]4CC[C@H]3O4)CC2)sc1C. The number of nitrogens with one attached hydrogen (secondary N) is 1. The average molecular weight is 336 g/mol. The van der Waals surface area contributed by atoms with Crippen molar-refractivity contribution in [2.45, 2.75) is 51.4 Å². The summed E-state index contributed by atoms with van der Waals surface area (Å²) >= 11 is 1.74. The Morgan fingerprint density at radius 2 is 2.04 bits per heavy atom. The number of piperazine rings is 1. The van der Waals surface area contributed by atoms with Gasteiger partial charge in [0, 0.05) is 31.1 Å². The molecule has 2 bridgehead atoms. The van der Waals surface area contributed by atoms with Gasteiger partial charge in [0.05, 0.1) is 23.9 Å². The van der Waals surface area contributed by atoms with E-state index in [2.05, 4.69) is 29.0 Å². The van der Waals surface area contributed by atoms with Crippen LogP contribution in [-0.4, -0.2) is 60.3 Å². The number of aromatic nitrogens is 1. The van der Waals surface area contributed by atoms with Crippen LogP contribution in [0, 0.1) is 13.8 Å². The number of ether oxygens (including phenoxy) is 1. The molecular formula is C16H24N4O2S. The molecule has 1 aromatic heterocycles. The molecule has 23 heavy (non-hydrogen) atoms. The fraction of sp³-hybridized carbons (Fsp3) is 0.750. The number of aryl methyl sites for hydroxylation is 2. The van der Waals surface area contributed by atoms with E-state index in [1.807, 2.05) is 4.90 Å². The molecule has 3 atom stereocenters. The summed E-state index contributed by atoms with van der Waals surface area (Å²) in [5.41, 5.74) is 1.11. The summed E-state index contributed by atoms with van der Waals surface area (Å²) in [6, 6.07) is 0.279. The molecular weight excluding hydrogens is 312 g/mol. The topological polar surface area (TPSA) is 57.7 Å². The largest absolute Gasteiger partial charge is 0.373 e. The van der Waals surface area contributed by atoms with Crippen molar-refractivity contribution in [1.82, 2.24) is 15.2 Å². The van der Waals surface area contributed by atoms with Crippen molar-refractivity contribution in [3.8, 4) is 0 Å². The van der Waals surface area contributed by atoms with E-state index in [9.17, 15) is 4.79 Å². The van der Waals surface area contributed by atoms with Crippen LogP contribution in [0.25, 0.3) is 0 Å². The molecule has 3 aliphatic heterocycles. The fourth-order valence-electron chi connectivity index (χ4n) is 3.73. The molecule has 0 unspecified atom stereocenters. The van der Waals surface area contributed by atoms with E-state index >= 15 is 0 Å². The van der Waals surface area contributed by atoms with Gasteiger partial charge in [0.15, 0.2) is 5.13 Å². The van der Waals surface area contributed by atoms with Crippen molar-refractivity contribution in [3.63, 3.8) is 0 Å². The molecule has 3 fully saturated rings. The zero-order valence-electron chi connectivity index (χ0n) is 13.7. The molecule has 6 nitrogen and oxygen atoms in total. The number of nitrogens with zero attached hydrogens (tertiary/aromatic N) is 3. The molecule has 1 N–H and O–H groups in total. The third kappa shape index (κ3) is 2.92. The zero-order valence-corrected chi connectivity index (χ0v) is 14.6. The molecule has 1 aromatic rings. The van der Waals surface area contributed by atoms with Crippen molar-refractivity contribution in [3.05, 3.63) is 10.6 Å². The fourth-order valence-corrected chi connectivity index (χ4v) is 4.69. The molecule has 0 spiro atoms. The van der Waals surface area contributed by atoms with Crippen LogP contribution in [0.15, 0.2) is 0 Å². The summed E-state index contributed by atoms with van der Waals surface area (Å²) in [5.74, 6) is 0. The maximum Gasteiger partial charge on any atom is 0.317 e. The van der Waals surface area contributed by atoms with Crippen LogP contribution in [0.3, 0.4) is 0 Å². The zero-order chi connectivity index (χ0) is 16.0. The van der Waals surface area contributed by atoms with Gasteiger partial charge in [-0.25, -0.2) is 9.78 Å². The summed E-state index contributed by atoms with van der Waals surface area (Å²) in [5, 5.41) is 4.26. The Kier molecular flexibility index (Phi) is 3.93. The van der Waals surface area contributed by atoms with Crippen molar-refractivity contribution < 1.29 is 9.53 Å². The number of rotatable bonds is 2. The van der Waals surface area contributed by atoms with Gasteiger partial charge >= 0.3 is 6.03 Å². The second kappa shape index (κ2) is 5.94. The van der Waals surface area contributed by atoms with Crippen LogP contribution in [0.5, 0.6) is 0 Å². The lowest BCUT2D eigenvalue weighted by Crippen LogP contribution is -2.54. The number of anilines is 1. The minimum Gasteiger partial charge on any atom is -0.373 e. The maximum atomic E-state index is 12.5. The predicted octanol–water partition coefficient (Wildman–Crippen LogP) is 1.91. The number of thiazole rings is 1. The summed E-state index contributed by atoms with van der Waals surface area (Å²) in [4.78, 5) is 22.6. The molecule has 0 saturated carbocycles. The molecule has 3 saturated heterocycles. The standard InChI is InChI=1S/C16H24N4O2S/c1-10-11(2)23-16(17-10)20-7-5-19(6-8-20)15(21)18-13-9-12-3-4-14(13)22-12/h12-14H,3-9H2,1-2H3,(H,18,21)/t12-,13+,14-/m1/s1. The molecule has 0 aliphatic carbocycles. The molecule has 4 rings (SSSR count). The Labute approximate surface area is 140 Å². The van der Waals surface area contributed by atoms with Gasteiger partial charge in [-0.15, -0.1) is 11.3 Å². The van der Waals surface area contributed by atoms with Gasteiger partial charge in [0.25, 0.3) is 0 Å². The number of carbonyl (C=O) groups is 1. The van der Waals surface area contributed by atoms with Crippen LogP contribution in [0.1, 0.15) is 29.8 Å². The van der Waals surface area contributed by atoms with Crippen molar-refractivity contribution >= 4 is 22.5 Å². The number of hydrogen-bond acceptors (Lipinski definition) is 5. The molecule has 2 amide bonds. The quantitative estimate of drug-likeness (QED) is 0.896. The van der Waals surface area contributed by atoms with Crippen molar-refractivity contribution in [1.29, 1.82) is 0 Å².